The van der Waals surface area contributed by atoms with Gasteiger partial charge in [0.25, 0.3) is 0 Å². The quantitative estimate of drug-likeness (QED) is 0.898. The number of β-amino-alcohol motifs (C(OH)–C–C–N with tert-alkyl or cyclic N) is 1. The van der Waals surface area contributed by atoms with Gasteiger partial charge in [0, 0.05) is 18.5 Å². The Kier molecular flexibility index (Phi) is 4.65. The Morgan fingerprint density at radius 1 is 1.40 bits per heavy atom. The summed E-state index contributed by atoms with van der Waals surface area (Å²) in [5, 5.41) is 10.4. The molecule has 0 bridgehead atoms. The summed E-state index contributed by atoms with van der Waals surface area (Å²) in [7, 11) is 1.58. The number of carbonyl (C=O) groups is 1. The molecule has 2 atom stereocenters. The van der Waals surface area contributed by atoms with Crippen LogP contribution in [0.3, 0.4) is 0 Å². The fourth-order valence-corrected chi connectivity index (χ4v) is 2.67. The van der Waals surface area contributed by atoms with Gasteiger partial charge < -0.3 is 14.7 Å². The minimum Gasteiger partial charge on any atom is -0.496 e. The minimum absolute atomic E-state index is 0.137. The van der Waals surface area contributed by atoms with Gasteiger partial charge in [0.05, 0.1) is 13.7 Å². The van der Waals surface area contributed by atoms with Crippen molar-refractivity contribution in [2.24, 2.45) is 11.8 Å². The number of amides is 1. The summed E-state index contributed by atoms with van der Waals surface area (Å²) < 4.78 is 5.25. The van der Waals surface area contributed by atoms with Crippen molar-refractivity contribution in [1.82, 2.24) is 4.90 Å². The molecule has 2 rings (SSSR count). The predicted molar refractivity (Wildman–Crippen MR) is 77.5 cm³/mol. The van der Waals surface area contributed by atoms with Gasteiger partial charge >= 0.3 is 0 Å². The highest BCUT2D eigenvalue weighted by Crippen LogP contribution is 2.29. The van der Waals surface area contributed by atoms with Gasteiger partial charge in [-0.25, -0.2) is 0 Å². The van der Waals surface area contributed by atoms with Crippen molar-refractivity contribution < 1.29 is 14.6 Å². The molecule has 1 aromatic rings. The lowest BCUT2D eigenvalue weighted by atomic mass is 9.95. The van der Waals surface area contributed by atoms with Gasteiger partial charge in [-0.05, 0) is 17.9 Å². The van der Waals surface area contributed by atoms with E-state index in [1.807, 2.05) is 24.3 Å². The van der Waals surface area contributed by atoms with E-state index in [0.717, 1.165) is 12.1 Å². The van der Waals surface area contributed by atoms with E-state index in [0.29, 0.717) is 30.6 Å². The van der Waals surface area contributed by atoms with Gasteiger partial charge in [0.2, 0.25) is 5.91 Å². The van der Waals surface area contributed by atoms with Crippen molar-refractivity contribution in [3.05, 3.63) is 29.8 Å². The van der Waals surface area contributed by atoms with E-state index in [1.165, 1.54) is 0 Å². The molecule has 2 unspecified atom stereocenters. The first-order valence-electron chi connectivity index (χ1n) is 7.11. The zero-order chi connectivity index (χ0) is 14.7. The van der Waals surface area contributed by atoms with Crippen LogP contribution in [0.25, 0.3) is 0 Å². The Balaban J connectivity index is 2.05. The monoisotopic (exact) mass is 277 g/mol. The number of hydrogen-bond acceptors (Lipinski definition) is 3. The SMILES string of the molecule is COc1ccccc1C(O)CN1CC(C(C)C)CC1=O. The van der Waals surface area contributed by atoms with Crippen LogP contribution < -0.4 is 4.74 Å². The maximum Gasteiger partial charge on any atom is 0.223 e. The molecule has 20 heavy (non-hydrogen) atoms. The molecule has 4 nitrogen and oxygen atoms in total. The Morgan fingerprint density at radius 3 is 2.70 bits per heavy atom. The third-order valence-corrected chi connectivity index (χ3v) is 4.08. The molecule has 0 saturated carbocycles. The molecule has 110 valence electrons. The topological polar surface area (TPSA) is 49.8 Å². The smallest absolute Gasteiger partial charge is 0.223 e. The molecule has 1 aromatic carbocycles. The molecular formula is C16H23NO3. The Morgan fingerprint density at radius 2 is 2.10 bits per heavy atom. The van der Waals surface area contributed by atoms with Crippen LogP contribution in [-0.4, -0.2) is 36.1 Å². The number of benzene rings is 1. The third kappa shape index (κ3) is 3.12. The minimum atomic E-state index is -0.707. The molecule has 4 heteroatoms. The highest BCUT2D eigenvalue weighted by Gasteiger charge is 2.32. The number of carbonyl (C=O) groups excluding carboxylic acids is 1. The molecular weight excluding hydrogens is 254 g/mol. The van der Waals surface area contributed by atoms with E-state index in [9.17, 15) is 9.90 Å². The third-order valence-electron chi connectivity index (χ3n) is 4.08. The van der Waals surface area contributed by atoms with E-state index in [1.54, 1.807) is 12.0 Å². The van der Waals surface area contributed by atoms with E-state index in [4.69, 9.17) is 4.74 Å². The Bertz CT molecular complexity index is 473. The fourth-order valence-electron chi connectivity index (χ4n) is 2.67. The van der Waals surface area contributed by atoms with Crippen molar-refractivity contribution in [1.29, 1.82) is 0 Å². The summed E-state index contributed by atoms with van der Waals surface area (Å²) in [4.78, 5) is 13.8. The molecule has 0 spiro atoms. The molecule has 1 heterocycles. The summed E-state index contributed by atoms with van der Waals surface area (Å²) >= 11 is 0. The van der Waals surface area contributed by atoms with Gasteiger partial charge in [0.15, 0.2) is 0 Å². The number of aliphatic hydroxyl groups is 1. The zero-order valence-electron chi connectivity index (χ0n) is 12.4. The van der Waals surface area contributed by atoms with Crippen LogP contribution in [0.15, 0.2) is 24.3 Å². The average Bonchev–Trinajstić information content (AvgIpc) is 2.80. The molecule has 0 radical (unpaired) electrons. The Hall–Kier alpha value is -1.55. The standard InChI is InChI=1S/C16H23NO3/c1-11(2)12-8-16(19)17(9-12)10-14(18)13-6-4-5-7-15(13)20-3/h4-7,11-12,14,18H,8-10H2,1-3H3. The lowest BCUT2D eigenvalue weighted by molar-refractivity contribution is -0.129. The summed E-state index contributed by atoms with van der Waals surface area (Å²) in [6.45, 7) is 5.35. The molecule has 1 N–H and O–H groups in total. The summed E-state index contributed by atoms with van der Waals surface area (Å²) in [5.74, 6) is 1.68. The first kappa shape index (κ1) is 14.9. The van der Waals surface area contributed by atoms with Crippen LogP contribution >= 0.6 is 0 Å². The van der Waals surface area contributed by atoms with E-state index in [-0.39, 0.29) is 5.91 Å². The van der Waals surface area contributed by atoms with Gasteiger partial charge in [-0.15, -0.1) is 0 Å². The first-order valence-corrected chi connectivity index (χ1v) is 7.11. The number of para-hydroxylation sites is 1. The van der Waals surface area contributed by atoms with Crippen molar-refractivity contribution in [2.45, 2.75) is 26.4 Å². The zero-order valence-corrected chi connectivity index (χ0v) is 12.4. The van der Waals surface area contributed by atoms with Gasteiger partial charge in [-0.2, -0.15) is 0 Å². The number of nitrogens with zero attached hydrogens (tertiary/aromatic N) is 1. The maximum atomic E-state index is 12.0. The van der Waals surface area contributed by atoms with Crippen LogP contribution in [0.4, 0.5) is 0 Å². The number of likely N-dealkylation sites (tertiary alicyclic amines) is 1. The van der Waals surface area contributed by atoms with Crippen LogP contribution in [0.5, 0.6) is 5.75 Å². The summed E-state index contributed by atoms with van der Waals surface area (Å²) in [6.07, 6.45) is -0.114. The molecule has 1 amide bonds. The predicted octanol–water partition coefficient (Wildman–Crippen LogP) is 2.23. The number of hydrogen-bond donors (Lipinski definition) is 1. The van der Waals surface area contributed by atoms with Crippen molar-refractivity contribution in [2.75, 3.05) is 20.2 Å². The second-order valence-corrected chi connectivity index (χ2v) is 5.76. The van der Waals surface area contributed by atoms with E-state index < -0.39 is 6.10 Å². The molecule has 0 aliphatic carbocycles. The number of aliphatic hydroxyl groups excluding tert-OH is 1. The normalized spacial score (nSPS) is 20.6. The average molecular weight is 277 g/mol. The Labute approximate surface area is 120 Å². The molecule has 0 aromatic heterocycles. The van der Waals surface area contributed by atoms with Gasteiger partial charge in [-0.1, -0.05) is 32.0 Å². The summed E-state index contributed by atoms with van der Waals surface area (Å²) in [6, 6.07) is 7.39. The number of rotatable bonds is 5. The van der Waals surface area contributed by atoms with Crippen LogP contribution in [0, 0.1) is 11.8 Å². The van der Waals surface area contributed by atoms with Gasteiger partial charge in [-0.3, -0.25) is 4.79 Å². The molecule has 1 aliphatic rings. The molecule has 1 saturated heterocycles. The van der Waals surface area contributed by atoms with Crippen molar-refractivity contribution in [3.63, 3.8) is 0 Å². The maximum absolute atomic E-state index is 12.0. The highest BCUT2D eigenvalue weighted by molar-refractivity contribution is 5.78. The van der Waals surface area contributed by atoms with E-state index in [2.05, 4.69) is 13.8 Å². The van der Waals surface area contributed by atoms with Crippen LogP contribution in [0.1, 0.15) is 31.9 Å². The lowest BCUT2D eigenvalue weighted by Gasteiger charge is -2.22. The largest absolute Gasteiger partial charge is 0.496 e. The van der Waals surface area contributed by atoms with Crippen molar-refractivity contribution in [3.8, 4) is 5.75 Å². The second-order valence-electron chi connectivity index (χ2n) is 5.76. The van der Waals surface area contributed by atoms with Crippen LogP contribution in [0.2, 0.25) is 0 Å². The van der Waals surface area contributed by atoms with E-state index >= 15 is 0 Å². The lowest BCUT2D eigenvalue weighted by Crippen LogP contribution is -2.30. The first-order chi connectivity index (χ1) is 9.52. The fraction of sp³-hybridized carbons (Fsp3) is 0.562. The highest BCUT2D eigenvalue weighted by atomic mass is 16.5. The molecule has 1 aliphatic heterocycles. The molecule has 1 fully saturated rings. The van der Waals surface area contributed by atoms with Gasteiger partial charge in [0.1, 0.15) is 11.9 Å². The number of methoxy groups -OCH3 is 1. The summed E-state index contributed by atoms with van der Waals surface area (Å²) in [5.41, 5.74) is 0.732. The van der Waals surface area contributed by atoms with Crippen LogP contribution in [-0.2, 0) is 4.79 Å². The van der Waals surface area contributed by atoms with Crippen molar-refractivity contribution >= 4 is 5.91 Å². The number of ether oxygens (including phenoxy) is 1. The second kappa shape index (κ2) is 6.27.